The Kier molecular flexibility index (Phi) is 5.62. The molecule has 1 N–H and O–H groups in total. The minimum Gasteiger partial charge on any atom is -0.349 e. The number of nitrogens with one attached hydrogen (secondary N) is 1. The Balaban J connectivity index is 3.03. The first-order valence-corrected chi connectivity index (χ1v) is 7.13. The predicted molar refractivity (Wildman–Crippen MR) is 75.5 cm³/mol. The van der Waals surface area contributed by atoms with Crippen LogP contribution in [0.1, 0.15) is 43.1 Å². The lowest BCUT2D eigenvalue weighted by molar-refractivity contribution is -0.137. The van der Waals surface area contributed by atoms with E-state index in [1.807, 2.05) is 20.8 Å². The first-order valence-electron chi connectivity index (χ1n) is 6.34. The summed E-state index contributed by atoms with van der Waals surface area (Å²) >= 11 is 3.12. The highest BCUT2D eigenvalue weighted by Crippen LogP contribution is 2.32. The van der Waals surface area contributed by atoms with E-state index in [4.69, 9.17) is 0 Å². The Morgan fingerprint density at radius 1 is 1.35 bits per heavy atom. The molecule has 20 heavy (non-hydrogen) atoms. The average molecular weight is 352 g/mol. The van der Waals surface area contributed by atoms with E-state index in [1.165, 1.54) is 6.07 Å². The Morgan fingerprint density at radius 2 is 1.95 bits per heavy atom. The van der Waals surface area contributed by atoms with Crippen molar-refractivity contribution in [2.24, 2.45) is 5.92 Å². The zero-order chi connectivity index (χ0) is 15.5. The summed E-state index contributed by atoms with van der Waals surface area (Å²) in [6.07, 6.45) is -3.74. The number of alkyl halides is 3. The molecule has 2 nitrogen and oxygen atoms in total. The maximum Gasteiger partial charge on any atom is 0.416 e. The van der Waals surface area contributed by atoms with Crippen LogP contribution in [0.3, 0.4) is 0 Å². The Hall–Kier alpha value is -1.04. The maximum atomic E-state index is 12.7. The molecule has 0 radical (unpaired) electrons. The van der Waals surface area contributed by atoms with Gasteiger partial charge in [-0.3, -0.25) is 4.79 Å². The molecule has 0 bridgehead atoms. The van der Waals surface area contributed by atoms with E-state index < -0.39 is 17.6 Å². The van der Waals surface area contributed by atoms with Crippen molar-refractivity contribution in [3.63, 3.8) is 0 Å². The lowest BCUT2D eigenvalue weighted by Gasteiger charge is -2.21. The molecule has 1 atom stereocenters. The fourth-order valence-corrected chi connectivity index (χ4v) is 2.29. The van der Waals surface area contributed by atoms with Gasteiger partial charge in [0.2, 0.25) is 0 Å². The van der Waals surface area contributed by atoms with Crippen LogP contribution in [-0.4, -0.2) is 11.9 Å². The van der Waals surface area contributed by atoms with E-state index in [0.29, 0.717) is 4.47 Å². The molecule has 0 fully saturated rings. The molecular formula is C14H17BrF3NO. The van der Waals surface area contributed by atoms with Crippen LogP contribution in [0.2, 0.25) is 0 Å². The number of benzene rings is 1. The molecule has 1 unspecified atom stereocenters. The summed E-state index contributed by atoms with van der Waals surface area (Å²) in [5.74, 6) is -0.281. The van der Waals surface area contributed by atoms with Crippen LogP contribution in [0.5, 0.6) is 0 Å². The molecule has 0 saturated carbocycles. The summed E-state index contributed by atoms with van der Waals surface area (Å²) in [6, 6.07) is 2.99. The highest BCUT2D eigenvalue weighted by molar-refractivity contribution is 9.10. The quantitative estimate of drug-likeness (QED) is 0.841. The lowest BCUT2D eigenvalue weighted by Crippen LogP contribution is -2.38. The van der Waals surface area contributed by atoms with Crippen LogP contribution in [0.4, 0.5) is 13.2 Å². The van der Waals surface area contributed by atoms with Gasteiger partial charge in [0.25, 0.3) is 5.91 Å². The summed E-state index contributed by atoms with van der Waals surface area (Å²) in [6.45, 7) is 5.83. The second-order valence-corrected chi connectivity index (χ2v) is 5.78. The minimum absolute atomic E-state index is 0.000995. The number of hydrogen-bond donors (Lipinski definition) is 1. The third-order valence-corrected chi connectivity index (χ3v) is 3.79. The van der Waals surface area contributed by atoms with Crippen molar-refractivity contribution in [1.82, 2.24) is 5.32 Å². The first kappa shape index (κ1) is 17.0. The van der Waals surface area contributed by atoms with Crippen molar-refractivity contribution in [1.29, 1.82) is 0 Å². The SMILES string of the molecule is CCC(NC(=O)c1cc(C(F)(F)F)ccc1Br)C(C)C. The normalized spacial score (nSPS) is 13.4. The standard InChI is InChI=1S/C14H17BrF3NO/c1-4-12(8(2)3)19-13(20)10-7-9(14(16,17)18)5-6-11(10)15/h5-8,12H,4H2,1-3H3,(H,19,20). The lowest BCUT2D eigenvalue weighted by atomic mass is 10.0. The van der Waals surface area contributed by atoms with Crippen molar-refractivity contribution >= 4 is 21.8 Å². The third-order valence-electron chi connectivity index (χ3n) is 3.10. The van der Waals surface area contributed by atoms with E-state index in [1.54, 1.807) is 0 Å². The number of carbonyl (C=O) groups excluding carboxylic acids is 1. The monoisotopic (exact) mass is 351 g/mol. The van der Waals surface area contributed by atoms with Crippen LogP contribution in [0.15, 0.2) is 22.7 Å². The van der Waals surface area contributed by atoms with Gasteiger partial charge in [0.1, 0.15) is 0 Å². The highest BCUT2D eigenvalue weighted by atomic mass is 79.9. The second-order valence-electron chi connectivity index (χ2n) is 4.92. The summed E-state index contributed by atoms with van der Waals surface area (Å²) in [4.78, 5) is 12.1. The van der Waals surface area contributed by atoms with Crippen LogP contribution in [-0.2, 0) is 6.18 Å². The molecule has 1 aromatic carbocycles. The smallest absolute Gasteiger partial charge is 0.349 e. The van der Waals surface area contributed by atoms with Crippen molar-refractivity contribution < 1.29 is 18.0 Å². The molecule has 0 aliphatic rings. The Morgan fingerprint density at radius 3 is 2.40 bits per heavy atom. The zero-order valence-electron chi connectivity index (χ0n) is 11.5. The van der Waals surface area contributed by atoms with Crippen molar-refractivity contribution in [2.75, 3.05) is 0 Å². The highest BCUT2D eigenvalue weighted by Gasteiger charge is 2.31. The molecule has 1 amide bonds. The van der Waals surface area contributed by atoms with Crippen LogP contribution < -0.4 is 5.32 Å². The number of hydrogen-bond acceptors (Lipinski definition) is 1. The van der Waals surface area contributed by atoms with E-state index in [9.17, 15) is 18.0 Å². The summed E-state index contributed by atoms with van der Waals surface area (Å²) in [7, 11) is 0. The fourth-order valence-electron chi connectivity index (χ4n) is 1.86. The topological polar surface area (TPSA) is 29.1 Å². The van der Waals surface area contributed by atoms with Crippen molar-refractivity contribution in [3.05, 3.63) is 33.8 Å². The molecule has 6 heteroatoms. The van der Waals surface area contributed by atoms with Gasteiger partial charge in [0, 0.05) is 10.5 Å². The Bertz CT molecular complexity index is 486. The number of carbonyl (C=O) groups is 1. The minimum atomic E-state index is -4.46. The van der Waals surface area contributed by atoms with Gasteiger partial charge in [0.05, 0.1) is 11.1 Å². The molecule has 0 aliphatic heterocycles. The van der Waals surface area contributed by atoms with Crippen LogP contribution >= 0.6 is 15.9 Å². The molecule has 0 saturated heterocycles. The van der Waals surface area contributed by atoms with E-state index in [-0.39, 0.29) is 17.5 Å². The predicted octanol–water partition coefficient (Wildman–Crippen LogP) is 4.63. The Labute approximate surface area is 124 Å². The molecule has 112 valence electrons. The number of rotatable bonds is 4. The van der Waals surface area contributed by atoms with E-state index >= 15 is 0 Å². The first-order chi connectivity index (χ1) is 9.16. The average Bonchev–Trinajstić information content (AvgIpc) is 2.34. The fraction of sp³-hybridized carbons (Fsp3) is 0.500. The van der Waals surface area contributed by atoms with Gasteiger partial charge in [-0.1, -0.05) is 20.8 Å². The van der Waals surface area contributed by atoms with Gasteiger partial charge in [-0.05, 0) is 46.5 Å². The van der Waals surface area contributed by atoms with Gasteiger partial charge >= 0.3 is 6.18 Å². The summed E-state index contributed by atoms with van der Waals surface area (Å²) in [5.41, 5.74) is -0.831. The van der Waals surface area contributed by atoms with Crippen LogP contribution in [0, 0.1) is 5.92 Å². The zero-order valence-corrected chi connectivity index (χ0v) is 13.1. The molecule has 0 spiro atoms. The summed E-state index contributed by atoms with van der Waals surface area (Å²) < 4.78 is 38.4. The van der Waals surface area contributed by atoms with Gasteiger partial charge in [-0.25, -0.2) is 0 Å². The maximum absolute atomic E-state index is 12.7. The molecule has 1 aromatic rings. The van der Waals surface area contributed by atoms with Gasteiger partial charge < -0.3 is 5.32 Å². The second kappa shape index (κ2) is 6.61. The van der Waals surface area contributed by atoms with Gasteiger partial charge in [-0.2, -0.15) is 13.2 Å². The molecule has 0 aliphatic carbocycles. The molecular weight excluding hydrogens is 335 g/mol. The molecule has 0 heterocycles. The molecule has 1 rings (SSSR count). The third kappa shape index (κ3) is 4.23. The number of amides is 1. The van der Waals surface area contributed by atoms with Crippen molar-refractivity contribution in [2.45, 2.75) is 39.4 Å². The number of halogens is 4. The van der Waals surface area contributed by atoms with Gasteiger partial charge in [-0.15, -0.1) is 0 Å². The van der Waals surface area contributed by atoms with E-state index in [2.05, 4.69) is 21.2 Å². The molecule has 0 aromatic heterocycles. The van der Waals surface area contributed by atoms with Crippen LogP contribution in [0.25, 0.3) is 0 Å². The van der Waals surface area contributed by atoms with Gasteiger partial charge in [0.15, 0.2) is 0 Å². The van der Waals surface area contributed by atoms with Crippen molar-refractivity contribution in [3.8, 4) is 0 Å². The largest absolute Gasteiger partial charge is 0.416 e. The summed E-state index contributed by atoms with van der Waals surface area (Å²) in [5, 5.41) is 2.77. The van der Waals surface area contributed by atoms with E-state index in [0.717, 1.165) is 18.6 Å².